The topological polar surface area (TPSA) is 37.4 Å². The van der Waals surface area contributed by atoms with Crippen LogP contribution in [-0.2, 0) is 4.79 Å². The molecular weight excluding hydrogens is 214 g/mol. The van der Waals surface area contributed by atoms with Crippen LogP contribution in [-0.4, -0.2) is 29.7 Å². The van der Waals surface area contributed by atoms with Gasteiger partial charge in [0.25, 0.3) is 0 Å². The minimum atomic E-state index is 0.0213. The summed E-state index contributed by atoms with van der Waals surface area (Å²) in [6.45, 7) is 2.86. The quantitative estimate of drug-likeness (QED) is 0.747. The van der Waals surface area contributed by atoms with E-state index in [1.807, 2.05) is 25.1 Å². The molecule has 3 nitrogen and oxygen atoms in total. The first-order chi connectivity index (χ1) is 8.18. The molecular formula is C14H17NO2. The van der Waals surface area contributed by atoms with E-state index in [4.69, 9.17) is 0 Å². The summed E-state index contributed by atoms with van der Waals surface area (Å²) in [6, 6.07) is 9.15. The van der Waals surface area contributed by atoms with Gasteiger partial charge in [0.1, 0.15) is 0 Å². The highest BCUT2D eigenvalue weighted by Crippen LogP contribution is 2.17. The zero-order valence-electron chi connectivity index (χ0n) is 10.1. The van der Waals surface area contributed by atoms with Gasteiger partial charge in [-0.2, -0.15) is 0 Å². The van der Waals surface area contributed by atoms with Crippen LogP contribution in [0.4, 0.5) is 0 Å². The number of piperidine rings is 1. The molecule has 0 saturated carbocycles. The Balaban J connectivity index is 2.01. The predicted octanol–water partition coefficient (Wildman–Crippen LogP) is 2.13. The van der Waals surface area contributed by atoms with Gasteiger partial charge in [-0.15, -0.1) is 0 Å². The van der Waals surface area contributed by atoms with E-state index in [2.05, 4.69) is 0 Å². The van der Waals surface area contributed by atoms with Crippen molar-refractivity contribution in [1.29, 1.82) is 0 Å². The molecule has 2 rings (SSSR count). The van der Waals surface area contributed by atoms with Gasteiger partial charge in [-0.25, -0.2) is 0 Å². The lowest BCUT2D eigenvalue weighted by Gasteiger charge is -2.30. The molecule has 1 atom stereocenters. The number of nitrogens with zero attached hydrogens (tertiary/aromatic N) is 1. The van der Waals surface area contributed by atoms with Crippen molar-refractivity contribution in [2.24, 2.45) is 5.92 Å². The zero-order valence-corrected chi connectivity index (χ0v) is 10.1. The number of carbonyl (C=O) groups excluding carboxylic acids is 2. The van der Waals surface area contributed by atoms with Crippen LogP contribution in [0.5, 0.6) is 0 Å². The first-order valence-corrected chi connectivity index (χ1v) is 6.05. The van der Waals surface area contributed by atoms with E-state index >= 15 is 0 Å². The van der Waals surface area contributed by atoms with E-state index in [1.54, 1.807) is 17.0 Å². The van der Waals surface area contributed by atoms with Gasteiger partial charge in [0, 0.05) is 18.0 Å². The van der Waals surface area contributed by atoms with Crippen LogP contribution >= 0.6 is 0 Å². The molecule has 1 heterocycles. The van der Waals surface area contributed by atoms with E-state index < -0.39 is 0 Å². The predicted molar refractivity (Wildman–Crippen MR) is 65.8 cm³/mol. The molecule has 0 aromatic heterocycles. The Kier molecular flexibility index (Phi) is 3.57. The van der Waals surface area contributed by atoms with Gasteiger partial charge in [0.2, 0.25) is 5.91 Å². The summed E-state index contributed by atoms with van der Waals surface area (Å²) in [5.41, 5.74) is 0.679. The van der Waals surface area contributed by atoms with Crippen LogP contribution in [0, 0.1) is 5.92 Å². The summed E-state index contributed by atoms with van der Waals surface area (Å²) in [4.78, 5) is 25.5. The lowest BCUT2D eigenvalue weighted by atomic mass is 9.98. The summed E-state index contributed by atoms with van der Waals surface area (Å²) in [5.74, 6) is 0.195. The summed E-state index contributed by atoms with van der Waals surface area (Å²) in [7, 11) is 0. The maximum Gasteiger partial charge on any atom is 0.225 e. The van der Waals surface area contributed by atoms with Gasteiger partial charge in [-0.05, 0) is 12.8 Å². The Morgan fingerprint density at radius 2 is 2.06 bits per heavy atom. The molecule has 0 N–H and O–H groups in total. The third-order valence-corrected chi connectivity index (χ3v) is 3.23. The van der Waals surface area contributed by atoms with E-state index in [1.165, 1.54) is 0 Å². The number of hydrogen-bond acceptors (Lipinski definition) is 2. The van der Waals surface area contributed by atoms with Crippen LogP contribution in [0.2, 0.25) is 0 Å². The minimum absolute atomic E-state index is 0.0213. The molecule has 1 amide bonds. The Labute approximate surface area is 101 Å². The van der Waals surface area contributed by atoms with Crippen LogP contribution in [0.15, 0.2) is 30.3 Å². The molecule has 1 aromatic carbocycles. The fourth-order valence-electron chi connectivity index (χ4n) is 2.18. The van der Waals surface area contributed by atoms with Gasteiger partial charge in [-0.3, -0.25) is 9.59 Å². The number of rotatable bonds is 3. The average Bonchev–Trinajstić information content (AvgIpc) is 2.36. The lowest BCUT2D eigenvalue weighted by Crippen LogP contribution is -2.42. The normalized spacial score (nSPS) is 20.4. The first kappa shape index (κ1) is 11.8. The van der Waals surface area contributed by atoms with Crippen LogP contribution in [0.1, 0.15) is 30.1 Å². The van der Waals surface area contributed by atoms with Crippen molar-refractivity contribution in [3.05, 3.63) is 35.9 Å². The molecule has 0 spiro atoms. The highest BCUT2D eigenvalue weighted by Gasteiger charge is 2.26. The molecule has 3 heteroatoms. The highest BCUT2D eigenvalue weighted by atomic mass is 16.2. The standard InChI is InChI=1S/C14H17NO2/c1-11-6-5-9-15(14(11)17)10-13(16)12-7-3-2-4-8-12/h2-4,7-8,11H,5-6,9-10H2,1H3. The van der Waals surface area contributed by atoms with Gasteiger partial charge < -0.3 is 4.90 Å². The molecule has 0 radical (unpaired) electrons. The van der Waals surface area contributed by atoms with E-state index in [0.29, 0.717) is 12.1 Å². The van der Waals surface area contributed by atoms with Crippen molar-refractivity contribution in [3.8, 4) is 0 Å². The molecule has 1 unspecified atom stereocenters. The van der Waals surface area contributed by atoms with Crippen molar-refractivity contribution >= 4 is 11.7 Å². The third kappa shape index (κ3) is 2.73. The van der Waals surface area contributed by atoms with Crippen molar-refractivity contribution in [1.82, 2.24) is 4.90 Å². The molecule has 1 aromatic rings. The summed E-state index contributed by atoms with van der Waals surface area (Å²) >= 11 is 0. The van der Waals surface area contributed by atoms with Gasteiger partial charge >= 0.3 is 0 Å². The fourth-order valence-corrected chi connectivity index (χ4v) is 2.18. The zero-order chi connectivity index (χ0) is 12.3. The Hall–Kier alpha value is -1.64. The number of ketones is 1. The second kappa shape index (κ2) is 5.13. The number of Topliss-reactive ketones (excluding diaryl/α,β-unsaturated/α-hetero) is 1. The van der Waals surface area contributed by atoms with Crippen LogP contribution < -0.4 is 0 Å². The molecule has 1 aliphatic rings. The molecule has 1 fully saturated rings. The second-order valence-electron chi connectivity index (χ2n) is 4.59. The maximum atomic E-state index is 12.0. The van der Waals surface area contributed by atoms with E-state index in [9.17, 15) is 9.59 Å². The molecule has 1 saturated heterocycles. The number of benzene rings is 1. The van der Waals surface area contributed by atoms with Crippen LogP contribution in [0.25, 0.3) is 0 Å². The summed E-state index contributed by atoms with van der Waals surface area (Å²) < 4.78 is 0. The first-order valence-electron chi connectivity index (χ1n) is 6.05. The van der Waals surface area contributed by atoms with Crippen molar-refractivity contribution in [2.45, 2.75) is 19.8 Å². The number of hydrogen-bond donors (Lipinski definition) is 0. The number of likely N-dealkylation sites (tertiary alicyclic amines) is 1. The SMILES string of the molecule is CC1CCCN(CC(=O)c2ccccc2)C1=O. The molecule has 1 aliphatic heterocycles. The second-order valence-corrected chi connectivity index (χ2v) is 4.59. The monoisotopic (exact) mass is 231 g/mol. The Bertz CT molecular complexity index is 413. The van der Waals surface area contributed by atoms with E-state index in [0.717, 1.165) is 12.8 Å². The summed E-state index contributed by atoms with van der Waals surface area (Å²) in [6.07, 6.45) is 1.93. The smallest absolute Gasteiger partial charge is 0.225 e. The summed E-state index contributed by atoms with van der Waals surface area (Å²) in [5, 5.41) is 0. The maximum absolute atomic E-state index is 12.0. The highest BCUT2D eigenvalue weighted by molar-refractivity contribution is 5.99. The Morgan fingerprint density at radius 1 is 1.35 bits per heavy atom. The van der Waals surface area contributed by atoms with Gasteiger partial charge in [0.05, 0.1) is 6.54 Å². The Morgan fingerprint density at radius 3 is 2.76 bits per heavy atom. The minimum Gasteiger partial charge on any atom is -0.335 e. The van der Waals surface area contributed by atoms with E-state index in [-0.39, 0.29) is 24.2 Å². The van der Waals surface area contributed by atoms with Gasteiger partial charge in [-0.1, -0.05) is 37.3 Å². The lowest BCUT2D eigenvalue weighted by molar-refractivity contribution is -0.137. The van der Waals surface area contributed by atoms with Crippen molar-refractivity contribution in [3.63, 3.8) is 0 Å². The van der Waals surface area contributed by atoms with Crippen molar-refractivity contribution in [2.75, 3.05) is 13.1 Å². The molecule has 90 valence electrons. The molecule has 0 bridgehead atoms. The molecule has 0 aliphatic carbocycles. The van der Waals surface area contributed by atoms with Crippen LogP contribution in [0.3, 0.4) is 0 Å². The number of amides is 1. The molecule has 17 heavy (non-hydrogen) atoms. The largest absolute Gasteiger partial charge is 0.335 e. The van der Waals surface area contributed by atoms with Crippen molar-refractivity contribution < 1.29 is 9.59 Å². The third-order valence-electron chi connectivity index (χ3n) is 3.23. The average molecular weight is 231 g/mol. The van der Waals surface area contributed by atoms with Gasteiger partial charge in [0.15, 0.2) is 5.78 Å². The fraction of sp³-hybridized carbons (Fsp3) is 0.429. The number of carbonyl (C=O) groups is 2.